The van der Waals surface area contributed by atoms with E-state index in [9.17, 15) is 14.4 Å². The zero-order valence-electron chi connectivity index (χ0n) is 15.1. The highest BCUT2D eigenvalue weighted by molar-refractivity contribution is 5.96. The summed E-state index contributed by atoms with van der Waals surface area (Å²) in [6.45, 7) is 4.92. The topological polar surface area (TPSA) is 95.9 Å². The van der Waals surface area contributed by atoms with Crippen molar-refractivity contribution in [2.24, 2.45) is 5.92 Å². The van der Waals surface area contributed by atoms with Gasteiger partial charge in [-0.1, -0.05) is 0 Å². The van der Waals surface area contributed by atoms with Crippen LogP contribution in [0.3, 0.4) is 0 Å². The third-order valence-corrected chi connectivity index (χ3v) is 4.50. The van der Waals surface area contributed by atoms with Crippen LogP contribution in [0.2, 0.25) is 0 Å². The van der Waals surface area contributed by atoms with Gasteiger partial charge in [-0.3, -0.25) is 9.59 Å². The van der Waals surface area contributed by atoms with Gasteiger partial charge in [-0.2, -0.15) is 0 Å². The molecule has 0 radical (unpaired) electrons. The summed E-state index contributed by atoms with van der Waals surface area (Å²) in [5.74, 6) is -1.17. The van der Waals surface area contributed by atoms with Gasteiger partial charge in [-0.15, -0.1) is 0 Å². The molecule has 1 aliphatic rings. The van der Waals surface area contributed by atoms with Crippen molar-refractivity contribution in [2.75, 3.05) is 32.8 Å². The maximum Gasteiger partial charge on any atom is 0.335 e. The molecule has 0 unspecified atom stereocenters. The second-order valence-electron chi connectivity index (χ2n) is 6.29. The second kappa shape index (κ2) is 9.91. The number of aromatic carboxylic acids is 1. The summed E-state index contributed by atoms with van der Waals surface area (Å²) in [5, 5.41) is 11.8. The van der Waals surface area contributed by atoms with E-state index < -0.39 is 5.97 Å². The summed E-state index contributed by atoms with van der Waals surface area (Å²) in [6.07, 6.45) is 2.07. The molecule has 2 amide bonds. The van der Waals surface area contributed by atoms with Crippen LogP contribution in [-0.2, 0) is 9.53 Å². The molecule has 1 heterocycles. The van der Waals surface area contributed by atoms with Crippen LogP contribution in [-0.4, -0.2) is 60.6 Å². The lowest BCUT2D eigenvalue weighted by atomic mass is 9.95. The summed E-state index contributed by atoms with van der Waals surface area (Å²) >= 11 is 0. The summed E-state index contributed by atoms with van der Waals surface area (Å²) < 4.78 is 5.24. The minimum atomic E-state index is -1.02. The first kappa shape index (κ1) is 19.9. The number of carbonyl (C=O) groups is 3. The third kappa shape index (κ3) is 5.56. The molecule has 0 saturated carbocycles. The summed E-state index contributed by atoms with van der Waals surface area (Å²) in [5.41, 5.74) is 0.620. The first-order chi connectivity index (χ1) is 12.5. The zero-order chi connectivity index (χ0) is 18.9. The second-order valence-corrected chi connectivity index (χ2v) is 6.29. The Morgan fingerprint density at radius 1 is 1.15 bits per heavy atom. The van der Waals surface area contributed by atoms with Crippen LogP contribution in [0.15, 0.2) is 24.3 Å². The van der Waals surface area contributed by atoms with Crippen molar-refractivity contribution in [2.45, 2.75) is 26.2 Å². The molecule has 0 aliphatic carbocycles. The minimum absolute atomic E-state index is 0.0411. The molecule has 0 bridgehead atoms. The molecule has 0 atom stereocenters. The molecular formula is C19H26N2O5. The summed E-state index contributed by atoms with van der Waals surface area (Å²) in [6, 6.07) is 5.92. The Balaban J connectivity index is 1.77. The summed E-state index contributed by atoms with van der Waals surface area (Å²) in [7, 11) is 0. The van der Waals surface area contributed by atoms with Gasteiger partial charge in [0, 0.05) is 44.3 Å². The molecule has 7 heteroatoms. The SMILES string of the molecule is CCOCCCNC(=O)C1CCN(C(=O)c2ccc(C(=O)O)cc2)CC1. The average Bonchev–Trinajstić information content (AvgIpc) is 2.67. The molecule has 1 saturated heterocycles. The third-order valence-electron chi connectivity index (χ3n) is 4.50. The van der Waals surface area contributed by atoms with E-state index in [-0.39, 0.29) is 23.3 Å². The smallest absolute Gasteiger partial charge is 0.335 e. The van der Waals surface area contributed by atoms with Crippen LogP contribution in [0.4, 0.5) is 0 Å². The maximum absolute atomic E-state index is 12.5. The summed E-state index contributed by atoms with van der Waals surface area (Å²) in [4.78, 5) is 37.2. The normalized spacial score (nSPS) is 14.9. The van der Waals surface area contributed by atoms with Crippen LogP contribution in [0.5, 0.6) is 0 Å². The number of hydrogen-bond acceptors (Lipinski definition) is 4. The quantitative estimate of drug-likeness (QED) is 0.687. The van der Waals surface area contributed by atoms with E-state index in [0.717, 1.165) is 6.42 Å². The number of piperidine rings is 1. The van der Waals surface area contributed by atoms with Gasteiger partial charge in [0.2, 0.25) is 5.91 Å². The number of likely N-dealkylation sites (tertiary alicyclic amines) is 1. The first-order valence-corrected chi connectivity index (χ1v) is 9.01. The Labute approximate surface area is 153 Å². The molecule has 1 fully saturated rings. The number of carbonyl (C=O) groups excluding carboxylic acids is 2. The van der Waals surface area contributed by atoms with Gasteiger partial charge in [0.1, 0.15) is 0 Å². The number of amides is 2. The van der Waals surface area contributed by atoms with E-state index in [4.69, 9.17) is 9.84 Å². The fourth-order valence-corrected chi connectivity index (χ4v) is 2.96. The highest BCUT2D eigenvalue weighted by Crippen LogP contribution is 2.19. The molecule has 7 nitrogen and oxygen atoms in total. The molecule has 1 aliphatic heterocycles. The Hall–Kier alpha value is -2.41. The van der Waals surface area contributed by atoms with Crippen molar-refractivity contribution in [1.29, 1.82) is 0 Å². The number of ether oxygens (including phenoxy) is 1. The maximum atomic E-state index is 12.5. The van der Waals surface area contributed by atoms with Crippen molar-refractivity contribution in [3.8, 4) is 0 Å². The number of nitrogens with zero attached hydrogens (tertiary/aromatic N) is 1. The predicted octanol–water partition coefficient (Wildman–Crippen LogP) is 1.78. The highest BCUT2D eigenvalue weighted by atomic mass is 16.5. The number of carboxylic acid groups (broad SMARTS) is 1. The number of rotatable bonds is 8. The van der Waals surface area contributed by atoms with E-state index in [2.05, 4.69) is 5.32 Å². The molecule has 2 N–H and O–H groups in total. The van der Waals surface area contributed by atoms with Crippen molar-refractivity contribution >= 4 is 17.8 Å². The highest BCUT2D eigenvalue weighted by Gasteiger charge is 2.27. The van der Waals surface area contributed by atoms with Gasteiger partial charge < -0.3 is 20.1 Å². The standard InChI is InChI=1S/C19H26N2O5/c1-2-26-13-3-10-20-17(22)14-8-11-21(12-9-14)18(23)15-4-6-16(7-5-15)19(24)25/h4-7,14H,2-3,8-13H2,1H3,(H,20,22)(H,24,25). The monoisotopic (exact) mass is 362 g/mol. The van der Waals surface area contributed by atoms with E-state index in [0.29, 0.717) is 51.3 Å². The molecule has 1 aromatic rings. The van der Waals surface area contributed by atoms with Crippen molar-refractivity contribution in [1.82, 2.24) is 10.2 Å². The van der Waals surface area contributed by atoms with E-state index in [1.54, 1.807) is 4.90 Å². The fraction of sp³-hybridized carbons (Fsp3) is 0.526. The van der Waals surface area contributed by atoms with Gasteiger partial charge in [0.15, 0.2) is 0 Å². The first-order valence-electron chi connectivity index (χ1n) is 9.01. The Morgan fingerprint density at radius 3 is 2.35 bits per heavy atom. The Bertz CT molecular complexity index is 621. The van der Waals surface area contributed by atoms with E-state index in [1.165, 1.54) is 24.3 Å². The van der Waals surface area contributed by atoms with Crippen molar-refractivity contribution in [3.05, 3.63) is 35.4 Å². The molecule has 0 aromatic heterocycles. The lowest BCUT2D eigenvalue weighted by Crippen LogP contribution is -2.43. The number of hydrogen-bond donors (Lipinski definition) is 2. The van der Waals surface area contributed by atoms with Gasteiger partial charge in [0.25, 0.3) is 5.91 Å². The molecular weight excluding hydrogens is 336 g/mol. The van der Waals surface area contributed by atoms with Crippen LogP contribution >= 0.6 is 0 Å². The molecule has 1 aromatic carbocycles. The molecule has 0 spiro atoms. The predicted molar refractivity (Wildman–Crippen MR) is 96.1 cm³/mol. The van der Waals surface area contributed by atoms with Crippen molar-refractivity contribution < 1.29 is 24.2 Å². The number of benzene rings is 1. The largest absolute Gasteiger partial charge is 0.478 e. The molecule has 2 rings (SSSR count). The van der Waals surface area contributed by atoms with Crippen LogP contribution in [0.1, 0.15) is 46.9 Å². The molecule has 26 heavy (non-hydrogen) atoms. The fourth-order valence-electron chi connectivity index (χ4n) is 2.96. The molecule has 142 valence electrons. The zero-order valence-corrected chi connectivity index (χ0v) is 15.1. The van der Waals surface area contributed by atoms with Crippen LogP contribution in [0.25, 0.3) is 0 Å². The van der Waals surface area contributed by atoms with Gasteiger partial charge >= 0.3 is 5.97 Å². The van der Waals surface area contributed by atoms with E-state index >= 15 is 0 Å². The van der Waals surface area contributed by atoms with Gasteiger partial charge in [-0.25, -0.2) is 4.79 Å². The van der Waals surface area contributed by atoms with Gasteiger partial charge in [0.05, 0.1) is 5.56 Å². The van der Waals surface area contributed by atoms with Gasteiger partial charge in [-0.05, 0) is 50.5 Å². The van der Waals surface area contributed by atoms with Crippen molar-refractivity contribution in [3.63, 3.8) is 0 Å². The van der Waals surface area contributed by atoms with Crippen LogP contribution in [0, 0.1) is 5.92 Å². The minimum Gasteiger partial charge on any atom is -0.478 e. The van der Waals surface area contributed by atoms with E-state index in [1.807, 2.05) is 6.92 Å². The Kier molecular flexibility index (Phi) is 7.59. The van der Waals surface area contributed by atoms with Crippen LogP contribution < -0.4 is 5.32 Å². The lowest BCUT2D eigenvalue weighted by Gasteiger charge is -2.31. The average molecular weight is 362 g/mol. The number of nitrogens with one attached hydrogen (secondary N) is 1. The number of carboxylic acids is 1. The lowest BCUT2D eigenvalue weighted by molar-refractivity contribution is -0.126. The Morgan fingerprint density at radius 2 is 1.77 bits per heavy atom.